The minimum Gasteiger partial charge on any atom is -0.369 e. The molecule has 17 heavy (non-hydrogen) atoms. The van der Waals surface area contributed by atoms with Crippen LogP contribution in [0.3, 0.4) is 0 Å². The lowest BCUT2D eigenvalue weighted by molar-refractivity contribution is 0.254. The van der Waals surface area contributed by atoms with Gasteiger partial charge in [0.15, 0.2) is 0 Å². The average Bonchev–Trinajstić information content (AvgIpc) is 2.53. The van der Waals surface area contributed by atoms with Crippen molar-refractivity contribution >= 4 is 17.3 Å². The van der Waals surface area contributed by atoms with Gasteiger partial charge in [0.2, 0.25) is 0 Å². The maximum absolute atomic E-state index is 6.01. The minimum atomic E-state index is 0.696. The van der Waals surface area contributed by atoms with E-state index in [1.54, 1.807) is 6.20 Å². The smallest absolute Gasteiger partial charge is 0.0609 e. The highest BCUT2D eigenvalue weighted by Gasteiger charge is 2.34. The standard InChI is InChI=1S/C13H18ClN3/c1-16-11-2-3-12(16)9-17(5-4-11)13-6-10(14)7-15-8-13/h6-8,11-12H,2-5,9H2,1H3. The Balaban J connectivity index is 1.81. The molecule has 0 amide bonds. The van der Waals surface area contributed by atoms with E-state index in [1.807, 2.05) is 12.3 Å². The fourth-order valence-electron chi connectivity index (χ4n) is 3.12. The highest BCUT2D eigenvalue weighted by Crippen LogP contribution is 2.30. The first-order valence-electron chi connectivity index (χ1n) is 6.31. The molecule has 92 valence electrons. The van der Waals surface area contributed by atoms with Crippen molar-refractivity contribution in [3.05, 3.63) is 23.5 Å². The minimum absolute atomic E-state index is 0.696. The third kappa shape index (κ3) is 2.14. The number of likely N-dealkylation sites (N-methyl/N-ethyl adjacent to an activating group) is 1. The van der Waals surface area contributed by atoms with Crippen LogP contribution in [0.25, 0.3) is 0 Å². The second-order valence-corrected chi connectivity index (χ2v) is 5.58. The summed E-state index contributed by atoms with van der Waals surface area (Å²) in [7, 11) is 2.27. The van der Waals surface area contributed by atoms with E-state index in [4.69, 9.17) is 11.6 Å². The van der Waals surface area contributed by atoms with Crippen LogP contribution in [-0.2, 0) is 0 Å². The molecule has 3 heterocycles. The van der Waals surface area contributed by atoms with E-state index in [0.29, 0.717) is 6.04 Å². The van der Waals surface area contributed by atoms with Gasteiger partial charge in [-0.05, 0) is 32.4 Å². The van der Waals surface area contributed by atoms with Crippen LogP contribution in [0.5, 0.6) is 0 Å². The number of hydrogen-bond donors (Lipinski definition) is 0. The van der Waals surface area contributed by atoms with Crippen molar-refractivity contribution in [2.45, 2.75) is 31.3 Å². The van der Waals surface area contributed by atoms with Crippen LogP contribution in [0.1, 0.15) is 19.3 Å². The highest BCUT2D eigenvalue weighted by atomic mass is 35.5. The monoisotopic (exact) mass is 251 g/mol. The lowest BCUT2D eigenvalue weighted by Gasteiger charge is -2.27. The Morgan fingerprint density at radius 2 is 2.06 bits per heavy atom. The quantitative estimate of drug-likeness (QED) is 0.764. The Bertz CT molecular complexity index is 409. The van der Waals surface area contributed by atoms with Gasteiger partial charge in [-0.25, -0.2) is 0 Å². The molecule has 2 bridgehead atoms. The molecule has 3 nitrogen and oxygen atoms in total. The van der Waals surface area contributed by atoms with Crippen molar-refractivity contribution < 1.29 is 0 Å². The zero-order chi connectivity index (χ0) is 11.8. The van der Waals surface area contributed by atoms with Crippen molar-refractivity contribution in [3.8, 4) is 0 Å². The predicted octanol–water partition coefficient (Wildman–Crippen LogP) is 2.41. The van der Waals surface area contributed by atoms with E-state index >= 15 is 0 Å². The number of rotatable bonds is 1. The number of hydrogen-bond acceptors (Lipinski definition) is 3. The Kier molecular flexibility index (Phi) is 2.97. The van der Waals surface area contributed by atoms with Crippen molar-refractivity contribution in [3.63, 3.8) is 0 Å². The molecule has 2 aliphatic heterocycles. The number of pyridine rings is 1. The molecule has 0 N–H and O–H groups in total. The second-order valence-electron chi connectivity index (χ2n) is 5.15. The molecule has 2 fully saturated rings. The summed E-state index contributed by atoms with van der Waals surface area (Å²) in [5.74, 6) is 0. The molecule has 1 aromatic rings. The van der Waals surface area contributed by atoms with Crippen LogP contribution in [-0.4, -0.2) is 42.1 Å². The number of halogens is 1. The largest absolute Gasteiger partial charge is 0.369 e. The summed E-state index contributed by atoms with van der Waals surface area (Å²) in [6, 6.07) is 3.49. The first kappa shape index (κ1) is 11.3. The highest BCUT2D eigenvalue weighted by molar-refractivity contribution is 6.30. The van der Waals surface area contributed by atoms with E-state index < -0.39 is 0 Å². The lowest BCUT2D eigenvalue weighted by atomic mass is 10.1. The summed E-state index contributed by atoms with van der Waals surface area (Å²) in [6.45, 7) is 2.22. The van der Waals surface area contributed by atoms with Gasteiger partial charge in [-0.15, -0.1) is 0 Å². The van der Waals surface area contributed by atoms with Gasteiger partial charge in [-0.3, -0.25) is 9.88 Å². The summed E-state index contributed by atoms with van der Waals surface area (Å²) >= 11 is 6.01. The number of nitrogens with zero attached hydrogens (tertiary/aromatic N) is 3. The second kappa shape index (κ2) is 4.46. The van der Waals surface area contributed by atoms with Crippen LogP contribution >= 0.6 is 11.6 Å². The molecule has 0 aliphatic carbocycles. The van der Waals surface area contributed by atoms with Crippen molar-refractivity contribution in [2.24, 2.45) is 0 Å². The Morgan fingerprint density at radius 3 is 2.88 bits per heavy atom. The van der Waals surface area contributed by atoms with Gasteiger partial charge in [-0.1, -0.05) is 11.6 Å². The zero-order valence-corrected chi connectivity index (χ0v) is 10.9. The van der Waals surface area contributed by atoms with Gasteiger partial charge >= 0.3 is 0 Å². The zero-order valence-electron chi connectivity index (χ0n) is 10.1. The van der Waals surface area contributed by atoms with Crippen LogP contribution < -0.4 is 4.90 Å². The predicted molar refractivity (Wildman–Crippen MR) is 70.7 cm³/mol. The molecule has 0 radical (unpaired) electrons. The van der Waals surface area contributed by atoms with Gasteiger partial charge in [0.05, 0.1) is 16.9 Å². The molecule has 0 aromatic carbocycles. The number of anilines is 1. The van der Waals surface area contributed by atoms with E-state index in [1.165, 1.54) is 24.9 Å². The maximum atomic E-state index is 6.01. The van der Waals surface area contributed by atoms with E-state index in [9.17, 15) is 0 Å². The number of fused-ring (bicyclic) bond motifs is 2. The Hall–Kier alpha value is -0.800. The van der Waals surface area contributed by atoms with Gasteiger partial charge in [0, 0.05) is 31.4 Å². The summed E-state index contributed by atoms with van der Waals surface area (Å²) in [6.07, 6.45) is 7.56. The van der Waals surface area contributed by atoms with Crippen molar-refractivity contribution in [2.75, 3.05) is 25.0 Å². The van der Waals surface area contributed by atoms with Gasteiger partial charge in [-0.2, -0.15) is 0 Å². The topological polar surface area (TPSA) is 19.4 Å². The van der Waals surface area contributed by atoms with Crippen molar-refractivity contribution in [1.29, 1.82) is 0 Å². The van der Waals surface area contributed by atoms with Crippen molar-refractivity contribution in [1.82, 2.24) is 9.88 Å². The first-order chi connectivity index (χ1) is 8.24. The summed E-state index contributed by atoms with van der Waals surface area (Å²) in [4.78, 5) is 9.17. The summed E-state index contributed by atoms with van der Waals surface area (Å²) in [5, 5.41) is 0.727. The molecule has 2 saturated heterocycles. The first-order valence-corrected chi connectivity index (χ1v) is 6.69. The molecule has 0 spiro atoms. The molecule has 0 saturated carbocycles. The molecule has 4 heteroatoms. The SMILES string of the molecule is CN1C2CCC1CN(c1cncc(Cl)c1)CC2. The van der Waals surface area contributed by atoms with E-state index in [0.717, 1.165) is 24.2 Å². The molecular weight excluding hydrogens is 234 g/mol. The van der Waals surface area contributed by atoms with Crippen LogP contribution in [0.15, 0.2) is 18.5 Å². The van der Waals surface area contributed by atoms with Crippen LogP contribution in [0.2, 0.25) is 5.02 Å². The molecular formula is C13H18ClN3. The number of aromatic nitrogens is 1. The Labute approximate surface area is 107 Å². The molecule has 1 aromatic heterocycles. The van der Waals surface area contributed by atoms with E-state index in [2.05, 4.69) is 21.8 Å². The van der Waals surface area contributed by atoms with Gasteiger partial charge < -0.3 is 4.90 Å². The fourth-order valence-corrected chi connectivity index (χ4v) is 3.29. The molecule has 2 atom stereocenters. The van der Waals surface area contributed by atoms with Crippen LogP contribution in [0.4, 0.5) is 5.69 Å². The molecule has 2 aliphatic rings. The fraction of sp³-hybridized carbons (Fsp3) is 0.615. The maximum Gasteiger partial charge on any atom is 0.0609 e. The lowest BCUT2D eigenvalue weighted by Crippen LogP contribution is -2.36. The third-order valence-corrected chi connectivity index (χ3v) is 4.41. The van der Waals surface area contributed by atoms with Gasteiger partial charge in [0.25, 0.3) is 0 Å². The van der Waals surface area contributed by atoms with Gasteiger partial charge in [0.1, 0.15) is 0 Å². The average molecular weight is 252 g/mol. The molecule has 3 rings (SSSR count). The summed E-state index contributed by atoms with van der Waals surface area (Å²) in [5.41, 5.74) is 1.17. The Morgan fingerprint density at radius 1 is 1.24 bits per heavy atom. The summed E-state index contributed by atoms with van der Waals surface area (Å²) < 4.78 is 0. The third-order valence-electron chi connectivity index (χ3n) is 4.20. The molecule has 2 unspecified atom stereocenters. The van der Waals surface area contributed by atoms with Crippen LogP contribution in [0, 0.1) is 0 Å². The van der Waals surface area contributed by atoms with E-state index in [-0.39, 0.29) is 0 Å². The normalized spacial score (nSPS) is 29.4.